The van der Waals surface area contributed by atoms with E-state index >= 15 is 0 Å². The average molecular weight is 404 g/mol. The molecule has 26 heavy (non-hydrogen) atoms. The molecule has 0 aliphatic heterocycles. The van der Waals surface area contributed by atoms with Gasteiger partial charge >= 0.3 is 5.97 Å². The fraction of sp³-hybridized carbons (Fsp3) is 0.105. The summed E-state index contributed by atoms with van der Waals surface area (Å²) in [6.07, 6.45) is 1.96. The Balaban J connectivity index is 1.62. The maximum absolute atomic E-state index is 12.1. The smallest absolute Gasteiger partial charge is 0.358 e. The lowest BCUT2D eigenvalue weighted by molar-refractivity contribution is 0.0470. The standard InChI is InChI=1S/C19H14ClNO3S2/c1-25-15-7-5-12(6-8-15)17(22)10-24-19(23)16-11-26-18(21-16)13-3-2-4-14(20)9-13/h2-9,11H,10H2,1H3. The van der Waals surface area contributed by atoms with Crippen LogP contribution in [0.3, 0.4) is 0 Å². The van der Waals surface area contributed by atoms with Crippen LogP contribution in [0.15, 0.2) is 58.8 Å². The summed E-state index contributed by atoms with van der Waals surface area (Å²) >= 11 is 8.88. The number of aromatic nitrogens is 1. The molecule has 3 rings (SSSR count). The predicted molar refractivity (Wildman–Crippen MR) is 105 cm³/mol. The highest BCUT2D eigenvalue weighted by Gasteiger charge is 2.16. The van der Waals surface area contributed by atoms with E-state index in [0.717, 1.165) is 10.5 Å². The van der Waals surface area contributed by atoms with Gasteiger partial charge in [-0.2, -0.15) is 0 Å². The van der Waals surface area contributed by atoms with Gasteiger partial charge in [0.2, 0.25) is 0 Å². The van der Waals surface area contributed by atoms with Crippen molar-refractivity contribution in [3.8, 4) is 10.6 Å². The maximum atomic E-state index is 12.1. The molecule has 0 bridgehead atoms. The Kier molecular flexibility index (Phi) is 6.08. The Morgan fingerprint density at radius 2 is 1.96 bits per heavy atom. The third kappa shape index (κ3) is 4.52. The molecule has 0 saturated carbocycles. The molecule has 0 fully saturated rings. The largest absolute Gasteiger partial charge is 0.453 e. The van der Waals surface area contributed by atoms with Gasteiger partial charge in [0.15, 0.2) is 18.1 Å². The molecule has 2 aromatic carbocycles. The highest BCUT2D eigenvalue weighted by atomic mass is 35.5. The van der Waals surface area contributed by atoms with Gasteiger partial charge in [0.1, 0.15) is 5.01 Å². The van der Waals surface area contributed by atoms with E-state index in [2.05, 4.69) is 4.98 Å². The lowest BCUT2D eigenvalue weighted by Crippen LogP contribution is -2.14. The first-order valence-electron chi connectivity index (χ1n) is 7.62. The van der Waals surface area contributed by atoms with Crippen LogP contribution in [-0.4, -0.2) is 29.6 Å². The van der Waals surface area contributed by atoms with Crippen molar-refractivity contribution in [3.05, 3.63) is 70.2 Å². The highest BCUT2D eigenvalue weighted by molar-refractivity contribution is 7.98. The van der Waals surface area contributed by atoms with Crippen LogP contribution >= 0.6 is 34.7 Å². The normalized spacial score (nSPS) is 10.5. The van der Waals surface area contributed by atoms with E-state index in [4.69, 9.17) is 16.3 Å². The third-order valence-corrected chi connectivity index (χ3v) is 5.40. The Morgan fingerprint density at radius 1 is 1.19 bits per heavy atom. The average Bonchev–Trinajstić information content (AvgIpc) is 3.16. The fourth-order valence-corrected chi connectivity index (χ4v) is 3.57. The van der Waals surface area contributed by atoms with E-state index < -0.39 is 5.97 Å². The number of carbonyl (C=O) groups excluding carboxylic acids is 2. The Hall–Kier alpha value is -2.15. The monoisotopic (exact) mass is 403 g/mol. The molecular weight excluding hydrogens is 390 g/mol. The van der Waals surface area contributed by atoms with Crippen molar-refractivity contribution in [2.45, 2.75) is 4.90 Å². The van der Waals surface area contributed by atoms with Crippen LogP contribution in [0.2, 0.25) is 5.02 Å². The van der Waals surface area contributed by atoms with Crippen molar-refractivity contribution < 1.29 is 14.3 Å². The first-order valence-corrected chi connectivity index (χ1v) is 10.1. The number of ketones is 1. The van der Waals surface area contributed by atoms with Gasteiger partial charge < -0.3 is 4.74 Å². The summed E-state index contributed by atoms with van der Waals surface area (Å²) in [4.78, 5) is 29.6. The Bertz CT molecular complexity index is 938. The first kappa shape index (κ1) is 18.6. The zero-order valence-corrected chi connectivity index (χ0v) is 16.2. The number of Topliss-reactive ketones (excluding diaryl/α,β-unsaturated/α-hetero) is 1. The maximum Gasteiger partial charge on any atom is 0.358 e. The second-order valence-corrected chi connectivity index (χ2v) is 7.45. The molecule has 0 atom stereocenters. The van der Waals surface area contributed by atoms with Crippen LogP contribution in [0.4, 0.5) is 0 Å². The van der Waals surface area contributed by atoms with Gasteiger partial charge in [-0.15, -0.1) is 23.1 Å². The van der Waals surface area contributed by atoms with Crippen LogP contribution < -0.4 is 0 Å². The quantitative estimate of drug-likeness (QED) is 0.320. The van der Waals surface area contributed by atoms with Crippen molar-refractivity contribution >= 4 is 46.5 Å². The molecule has 0 radical (unpaired) electrons. The molecule has 7 heteroatoms. The Labute approximate surface area is 164 Å². The molecule has 0 aliphatic carbocycles. The molecule has 0 spiro atoms. The lowest BCUT2D eigenvalue weighted by atomic mass is 10.1. The second kappa shape index (κ2) is 8.49. The van der Waals surface area contributed by atoms with E-state index in [9.17, 15) is 9.59 Å². The van der Waals surface area contributed by atoms with Crippen LogP contribution in [0.1, 0.15) is 20.8 Å². The minimum absolute atomic E-state index is 0.176. The molecule has 0 unspecified atom stereocenters. The molecule has 0 saturated heterocycles. The molecule has 132 valence electrons. The highest BCUT2D eigenvalue weighted by Crippen LogP contribution is 2.26. The van der Waals surface area contributed by atoms with Gasteiger partial charge in [-0.1, -0.05) is 35.9 Å². The number of hydrogen-bond donors (Lipinski definition) is 0. The Morgan fingerprint density at radius 3 is 2.65 bits per heavy atom. The van der Waals surface area contributed by atoms with E-state index in [-0.39, 0.29) is 18.1 Å². The summed E-state index contributed by atoms with van der Waals surface area (Å²) in [6, 6.07) is 14.4. The molecular formula is C19H14ClNO3S2. The lowest BCUT2D eigenvalue weighted by Gasteiger charge is -2.03. The number of thioether (sulfide) groups is 1. The molecule has 0 N–H and O–H groups in total. The summed E-state index contributed by atoms with van der Waals surface area (Å²) in [5, 5.41) is 2.87. The van der Waals surface area contributed by atoms with Gasteiger partial charge in [-0.3, -0.25) is 4.79 Å². The number of halogens is 1. The summed E-state index contributed by atoms with van der Waals surface area (Å²) < 4.78 is 5.10. The summed E-state index contributed by atoms with van der Waals surface area (Å²) in [5.74, 6) is -0.875. The van der Waals surface area contributed by atoms with Gasteiger partial charge in [0.05, 0.1) is 0 Å². The number of carbonyl (C=O) groups is 2. The van der Waals surface area contributed by atoms with E-state index in [1.54, 1.807) is 41.4 Å². The number of benzene rings is 2. The number of hydrogen-bond acceptors (Lipinski definition) is 6. The SMILES string of the molecule is CSc1ccc(C(=O)COC(=O)c2csc(-c3cccc(Cl)c3)n2)cc1. The van der Waals surface area contributed by atoms with Crippen LogP contribution in [0.25, 0.3) is 10.6 Å². The molecule has 1 aromatic heterocycles. The summed E-state index contributed by atoms with van der Waals surface area (Å²) in [6.45, 7) is -0.318. The van der Waals surface area contributed by atoms with Crippen molar-refractivity contribution in [2.24, 2.45) is 0 Å². The molecule has 1 heterocycles. The number of thiazole rings is 1. The van der Waals surface area contributed by atoms with Gasteiger partial charge in [-0.25, -0.2) is 9.78 Å². The molecule has 0 aliphatic rings. The third-order valence-electron chi connectivity index (χ3n) is 3.53. The van der Waals surface area contributed by atoms with Crippen molar-refractivity contribution in [1.82, 2.24) is 4.98 Å². The van der Waals surface area contributed by atoms with E-state index in [0.29, 0.717) is 15.6 Å². The van der Waals surface area contributed by atoms with Gasteiger partial charge in [-0.05, 0) is 30.5 Å². The minimum atomic E-state index is -0.622. The van der Waals surface area contributed by atoms with Gasteiger partial charge in [0, 0.05) is 26.4 Å². The van der Waals surface area contributed by atoms with E-state index in [1.165, 1.54) is 11.3 Å². The van der Waals surface area contributed by atoms with Crippen LogP contribution in [-0.2, 0) is 4.74 Å². The van der Waals surface area contributed by atoms with Crippen molar-refractivity contribution in [2.75, 3.05) is 12.9 Å². The fourth-order valence-electron chi connectivity index (χ4n) is 2.19. The predicted octanol–water partition coefficient (Wildman–Crippen LogP) is 5.23. The van der Waals surface area contributed by atoms with E-state index in [1.807, 2.05) is 30.5 Å². The first-order chi connectivity index (χ1) is 12.6. The number of esters is 1. The van der Waals surface area contributed by atoms with Crippen molar-refractivity contribution in [1.29, 1.82) is 0 Å². The van der Waals surface area contributed by atoms with Crippen LogP contribution in [0.5, 0.6) is 0 Å². The minimum Gasteiger partial charge on any atom is -0.453 e. The zero-order valence-electron chi connectivity index (χ0n) is 13.8. The topological polar surface area (TPSA) is 56.3 Å². The zero-order chi connectivity index (χ0) is 18.5. The molecule has 4 nitrogen and oxygen atoms in total. The summed E-state index contributed by atoms with van der Waals surface area (Å²) in [7, 11) is 0. The number of nitrogens with zero attached hydrogens (tertiary/aromatic N) is 1. The van der Waals surface area contributed by atoms with Crippen molar-refractivity contribution in [3.63, 3.8) is 0 Å². The summed E-state index contributed by atoms with van der Waals surface area (Å²) in [5.41, 5.74) is 1.51. The second-order valence-electron chi connectivity index (χ2n) is 5.28. The number of ether oxygens (including phenoxy) is 1. The molecule has 0 amide bonds. The number of rotatable bonds is 6. The van der Waals surface area contributed by atoms with Gasteiger partial charge in [0.25, 0.3) is 0 Å². The van der Waals surface area contributed by atoms with Crippen LogP contribution in [0, 0.1) is 0 Å². The molecule has 3 aromatic rings.